The van der Waals surface area contributed by atoms with Crippen molar-refractivity contribution >= 4 is 65.6 Å². The van der Waals surface area contributed by atoms with Crippen molar-refractivity contribution in [3.8, 4) is 0 Å². The zero-order valence-electron chi connectivity index (χ0n) is 34.6. The quantitative estimate of drug-likeness (QED) is 0.0338. The van der Waals surface area contributed by atoms with Crippen LogP contribution in [0.1, 0.15) is 89.2 Å². The summed E-state index contributed by atoms with van der Waals surface area (Å²) in [6, 6.07) is -9.69. The standard InChI is InChI=1S/C36H55FN10O17/c37-15-5-6-20-18-47(46-45-20)19-27(49)40-21(30(54)39-17-4-2-8-23(32(57)58)42-36(64)44-25(34(61)62)11-14-29(52)53)9-12-26(48)38-16-3-1-7-22(31(55)56)41-35(63)43-24(33(59)60)10-13-28(50)51/h18,21-25H,1-17,19H2,(H,38,48)(H,39,54)(H,40,49)(H,50,51)(H,52,53)(H,55,56)(H,57,58)(H,59,60)(H,61,62)(H2,41,43,63)(H2,42,44,64)/t21-,22?,23?,24-,25-/m0/s1. The molecule has 1 aromatic heterocycles. The first-order valence-electron chi connectivity index (χ1n) is 20.0. The molecule has 1 rings (SSSR count). The van der Waals surface area contributed by atoms with Gasteiger partial charge in [-0.2, -0.15) is 0 Å². The molecule has 64 heavy (non-hydrogen) atoms. The van der Waals surface area contributed by atoms with Crippen molar-refractivity contribution in [2.75, 3.05) is 19.8 Å². The molecule has 13 N–H and O–H groups in total. The van der Waals surface area contributed by atoms with Gasteiger partial charge in [0.05, 0.1) is 12.4 Å². The number of carbonyl (C=O) groups is 11. The van der Waals surface area contributed by atoms with E-state index < -0.39 is 128 Å². The van der Waals surface area contributed by atoms with Gasteiger partial charge in [0.1, 0.15) is 36.8 Å². The lowest BCUT2D eigenvalue weighted by Crippen LogP contribution is -2.51. The first-order chi connectivity index (χ1) is 30.2. The Morgan fingerprint density at radius 3 is 1.41 bits per heavy atom. The van der Waals surface area contributed by atoms with Gasteiger partial charge in [0.25, 0.3) is 0 Å². The summed E-state index contributed by atoms with van der Waals surface area (Å²) < 4.78 is 13.7. The lowest BCUT2D eigenvalue weighted by molar-refractivity contribution is -0.142. The molecule has 0 aliphatic rings. The molecule has 0 saturated heterocycles. The highest BCUT2D eigenvalue weighted by molar-refractivity contribution is 5.89. The van der Waals surface area contributed by atoms with Crippen molar-refractivity contribution < 1.29 is 87.8 Å². The Hall–Kier alpha value is -7.16. The van der Waals surface area contributed by atoms with E-state index in [9.17, 15) is 77.6 Å². The molecule has 7 amide bonds. The van der Waals surface area contributed by atoms with E-state index in [0.717, 1.165) is 0 Å². The fourth-order valence-corrected chi connectivity index (χ4v) is 5.59. The van der Waals surface area contributed by atoms with Crippen LogP contribution in [0.3, 0.4) is 0 Å². The Balaban J connectivity index is 2.76. The number of amides is 7. The molecule has 0 spiro atoms. The second-order valence-corrected chi connectivity index (χ2v) is 14.2. The number of alkyl halides is 1. The van der Waals surface area contributed by atoms with Crippen LogP contribution in [0.4, 0.5) is 14.0 Å². The molecular formula is C36H55FN10O17. The summed E-state index contributed by atoms with van der Waals surface area (Å²) in [5.74, 6) is -10.5. The summed E-state index contributed by atoms with van der Waals surface area (Å²) in [6.45, 7) is -0.987. The molecule has 0 saturated carbocycles. The smallest absolute Gasteiger partial charge is 0.326 e. The molecule has 28 heteroatoms. The fourth-order valence-electron chi connectivity index (χ4n) is 5.59. The summed E-state index contributed by atoms with van der Waals surface area (Å²) >= 11 is 0. The molecule has 358 valence electrons. The number of carboxylic acid groups (broad SMARTS) is 6. The number of hydrogen-bond acceptors (Lipinski definition) is 13. The van der Waals surface area contributed by atoms with E-state index in [2.05, 4.69) is 36.9 Å². The van der Waals surface area contributed by atoms with E-state index in [0.29, 0.717) is 5.69 Å². The van der Waals surface area contributed by atoms with Crippen LogP contribution in [0, 0.1) is 0 Å². The maximum Gasteiger partial charge on any atom is 0.326 e. The van der Waals surface area contributed by atoms with E-state index in [1.165, 1.54) is 10.9 Å². The number of carboxylic acids is 6. The first-order valence-corrected chi connectivity index (χ1v) is 20.0. The average molecular weight is 919 g/mol. The third-order valence-corrected chi connectivity index (χ3v) is 8.94. The summed E-state index contributed by atoms with van der Waals surface area (Å²) in [5, 5.41) is 78.6. The van der Waals surface area contributed by atoms with Crippen molar-refractivity contribution in [3.05, 3.63) is 11.9 Å². The molecule has 2 unspecified atom stereocenters. The maximum atomic E-state index is 13.2. The zero-order chi connectivity index (χ0) is 48.2. The Kier molecular flexibility index (Phi) is 25.7. The van der Waals surface area contributed by atoms with Crippen molar-refractivity contribution in [2.45, 2.75) is 127 Å². The molecule has 0 radical (unpaired) electrons. The van der Waals surface area contributed by atoms with Gasteiger partial charge in [-0.25, -0.2) is 33.4 Å². The Labute approximate surface area is 363 Å². The van der Waals surface area contributed by atoms with Crippen molar-refractivity contribution in [3.63, 3.8) is 0 Å². The van der Waals surface area contributed by atoms with Crippen molar-refractivity contribution in [2.24, 2.45) is 0 Å². The molecule has 5 atom stereocenters. The molecule has 1 heterocycles. The van der Waals surface area contributed by atoms with Gasteiger partial charge in [-0.1, -0.05) is 5.21 Å². The third kappa shape index (κ3) is 24.3. The summed E-state index contributed by atoms with van der Waals surface area (Å²) in [7, 11) is 0. The summed E-state index contributed by atoms with van der Waals surface area (Å²) in [4.78, 5) is 131. The summed E-state index contributed by atoms with van der Waals surface area (Å²) in [5.41, 5.74) is 0.427. The van der Waals surface area contributed by atoms with Gasteiger partial charge >= 0.3 is 47.9 Å². The number of unbranched alkanes of at least 4 members (excludes halogenated alkanes) is 2. The molecule has 1 aromatic rings. The maximum absolute atomic E-state index is 13.2. The molecule has 0 bridgehead atoms. The lowest BCUT2D eigenvalue weighted by atomic mass is 10.1. The van der Waals surface area contributed by atoms with Crippen LogP contribution in [-0.4, -0.2) is 161 Å². The van der Waals surface area contributed by atoms with Gasteiger partial charge in [0.15, 0.2) is 0 Å². The highest BCUT2D eigenvalue weighted by atomic mass is 19.1. The number of aryl methyl sites for hydroxylation is 1. The Morgan fingerprint density at radius 1 is 0.531 bits per heavy atom. The van der Waals surface area contributed by atoms with Crippen LogP contribution in [0.25, 0.3) is 0 Å². The minimum absolute atomic E-state index is 0.0343. The van der Waals surface area contributed by atoms with Crippen LogP contribution < -0.4 is 37.2 Å². The van der Waals surface area contributed by atoms with Crippen LogP contribution in [0.15, 0.2) is 6.20 Å². The fraction of sp³-hybridized carbons (Fsp3) is 0.639. The van der Waals surface area contributed by atoms with Gasteiger partial charge in [0.2, 0.25) is 17.7 Å². The highest BCUT2D eigenvalue weighted by Crippen LogP contribution is 2.07. The number of nitrogens with zero attached hydrogens (tertiary/aromatic N) is 3. The Bertz CT molecular complexity index is 1780. The largest absolute Gasteiger partial charge is 0.481 e. The number of urea groups is 2. The predicted molar refractivity (Wildman–Crippen MR) is 212 cm³/mol. The number of carbonyl (C=O) groups excluding carboxylic acids is 5. The normalized spacial score (nSPS) is 13.1. The van der Waals surface area contributed by atoms with Crippen molar-refractivity contribution in [1.29, 1.82) is 0 Å². The molecule has 0 fully saturated rings. The average Bonchev–Trinajstić information content (AvgIpc) is 3.66. The number of halogens is 1. The van der Waals surface area contributed by atoms with E-state index >= 15 is 0 Å². The molecular weight excluding hydrogens is 863 g/mol. The monoisotopic (exact) mass is 918 g/mol. The summed E-state index contributed by atoms with van der Waals surface area (Å²) in [6.07, 6.45) is -0.265. The SMILES string of the molecule is O=C(O)CC[C@H](NC(=O)NC(CCCCNC(=O)CC[C@H](NC(=O)Cn1cc(CCCF)nn1)C(=O)NCCCCC(NC(=O)N[C@@H](CCC(=O)O)C(=O)O)C(=O)O)C(=O)O)C(=O)O. The van der Waals surface area contributed by atoms with Gasteiger partial charge in [-0.15, -0.1) is 5.10 Å². The number of aromatic nitrogens is 3. The van der Waals surface area contributed by atoms with E-state index in [4.69, 9.17) is 10.2 Å². The van der Waals surface area contributed by atoms with Gasteiger partial charge in [-0.3, -0.25) is 28.4 Å². The van der Waals surface area contributed by atoms with E-state index in [1.807, 2.05) is 10.6 Å². The van der Waals surface area contributed by atoms with Crippen LogP contribution in [-0.2, 0) is 56.1 Å². The first kappa shape index (κ1) is 54.9. The number of nitrogens with one attached hydrogen (secondary N) is 7. The minimum Gasteiger partial charge on any atom is -0.481 e. The second kappa shape index (κ2) is 30.0. The van der Waals surface area contributed by atoms with Gasteiger partial charge in [0, 0.05) is 38.5 Å². The number of aliphatic carboxylic acids is 6. The minimum atomic E-state index is -1.60. The van der Waals surface area contributed by atoms with Crippen LogP contribution in [0.2, 0.25) is 0 Å². The zero-order valence-corrected chi connectivity index (χ0v) is 34.6. The molecule has 0 aliphatic carbocycles. The molecule has 0 aromatic carbocycles. The number of hydrogen-bond donors (Lipinski definition) is 13. The van der Waals surface area contributed by atoms with E-state index in [-0.39, 0.29) is 83.8 Å². The van der Waals surface area contributed by atoms with E-state index in [1.54, 1.807) is 0 Å². The highest BCUT2D eigenvalue weighted by Gasteiger charge is 2.27. The topological polar surface area (TPSA) is 424 Å². The van der Waals surface area contributed by atoms with Gasteiger partial charge < -0.3 is 67.9 Å². The lowest BCUT2D eigenvalue weighted by Gasteiger charge is -2.19. The molecule has 27 nitrogen and oxygen atoms in total. The van der Waals surface area contributed by atoms with Crippen LogP contribution >= 0.6 is 0 Å². The Morgan fingerprint density at radius 2 is 0.969 bits per heavy atom. The predicted octanol–water partition coefficient (Wildman–Crippen LogP) is -1.84. The molecule has 0 aliphatic heterocycles. The van der Waals surface area contributed by atoms with Gasteiger partial charge in [-0.05, 0) is 70.6 Å². The second-order valence-electron chi connectivity index (χ2n) is 14.2. The van der Waals surface area contributed by atoms with Crippen molar-refractivity contribution in [1.82, 2.24) is 52.2 Å². The van der Waals surface area contributed by atoms with Crippen LogP contribution in [0.5, 0.6) is 0 Å². The number of rotatable bonds is 34. The third-order valence-electron chi connectivity index (χ3n) is 8.94.